The molecule has 0 amide bonds. The summed E-state index contributed by atoms with van der Waals surface area (Å²) in [6.07, 6.45) is 0. The Morgan fingerprint density at radius 1 is 1.56 bits per heavy atom. The summed E-state index contributed by atoms with van der Waals surface area (Å²) in [6, 6.07) is 7.37. The number of rotatable bonds is 4. The maximum absolute atomic E-state index is 11.8. The van der Waals surface area contributed by atoms with E-state index in [1.807, 2.05) is 24.3 Å². The lowest BCUT2D eigenvalue weighted by Crippen LogP contribution is -2.44. The molecule has 1 aromatic rings. The number of carbonyl (C=O) groups excluding carboxylic acids is 1. The number of ether oxygens (including phenoxy) is 2. The van der Waals surface area contributed by atoms with E-state index in [4.69, 9.17) is 9.47 Å². The Kier molecular flexibility index (Phi) is 4.90. The number of carbonyl (C=O) groups is 1. The van der Waals surface area contributed by atoms with Gasteiger partial charge in [-0.2, -0.15) is 11.8 Å². The second-order valence-electron chi connectivity index (χ2n) is 4.04. The van der Waals surface area contributed by atoms with Gasteiger partial charge in [0, 0.05) is 18.1 Å². The van der Waals surface area contributed by atoms with Crippen LogP contribution in [0.1, 0.15) is 5.56 Å². The average molecular weight is 267 g/mol. The van der Waals surface area contributed by atoms with Gasteiger partial charge in [-0.15, -0.1) is 0 Å². The van der Waals surface area contributed by atoms with E-state index in [1.54, 1.807) is 18.9 Å². The number of esters is 1. The lowest BCUT2D eigenvalue weighted by atomic mass is 10.2. The lowest BCUT2D eigenvalue weighted by Gasteiger charge is -2.21. The van der Waals surface area contributed by atoms with E-state index in [-0.39, 0.29) is 12.0 Å². The number of benzene rings is 1. The minimum atomic E-state index is -0.176. The van der Waals surface area contributed by atoms with E-state index >= 15 is 0 Å². The van der Waals surface area contributed by atoms with Crippen LogP contribution in [0, 0.1) is 0 Å². The molecule has 18 heavy (non-hydrogen) atoms. The molecule has 1 aromatic carbocycles. The molecule has 1 N–H and O–H groups in total. The van der Waals surface area contributed by atoms with Crippen LogP contribution in [0.2, 0.25) is 0 Å². The van der Waals surface area contributed by atoms with E-state index < -0.39 is 0 Å². The highest BCUT2D eigenvalue weighted by Gasteiger charge is 2.22. The summed E-state index contributed by atoms with van der Waals surface area (Å²) in [7, 11) is 1.62. The second-order valence-corrected chi connectivity index (χ2v) is 5.19. The molecule has 0 spiro atoms. The van der Waals surface area contributed by atoms with Gasteiger partial charge in [-0.05, 0) is 17.7 Å². The fourth-order valence-corrected chi connectivity index (χ4v) is 2.65. The Morgan fingerprint density at radius 3 is 3.17 bits per heavy atom. The predicted molar refractivity (Wildman–Crippen MR) is 71.9 cm³/mol. The van der Waals surface area contributed by atoms with Crippen LogP contribution in [-0.2, 0) is 16.1 Å². The predicted octanol–water partition coefficient (Wildman–Crippen LogP) is 1.44. The lowest BCUT2D eigenvalue weighted by molar-refractivity contribution is -0.146. The molecule has 0 radical (unpaired) electrons. The monoisotopic (exact) mass is 267 g/mol. The molecule has 1 atom stereocenters. The summed E-state index contributed by atoms with van der Waals surface area (Å²) < 4.78 is 10.4. The molecule has 1 aliphatic heterocycles. The smallest absolute Gasteiger partial charge is 0.324 e. The second kappa shape index (κ2) is 6.66. The Hall–Kier alpha value is -1.20. The van der Waals surface area contributed by atoms with E-state index in [0.717, 1.165) is 29.4 Å². The van der Waals surface area contributed by atoms with Crippen LogP contribution >= 0.6 is 11.8 Å². The van der Waals surface area contributed by atoms with Crippen molar-refractivity contribution in [2.24, 2.45) is 0 Å². The highest BCUT2D eigenvalue weighted by molar-refractivity contribution is 7.99. The van der Waals surface area contributed by atoms with Crippen LogP contribution in [0.4, 0.5) is 0 Å². The first-order chi connectivity index (χ1) is 8.79. The largest absolute Gasteiger partial charge is 0.497 e. The van der Waals surface area contributed by atoms with E-state index in [1.165, 1.54) is 0 Å². The average Bonchev–Trinajstić information content (AvgIpc) is 2.46. The topological polar surface area (TPSA) is 47.6 Å². The van der Waals surface area contributed by atoms with Crippen molar-refractivity contribution in [1.82, 2.24) is 5.32 Å². The third kappa shape index (κ3) is 3.65. The molecule has 1 aliphatic rings. The van der Waals surface area contributed by atoms with Crippen molar-refractivity contribution in [3.63, 3.8) is 0 Å². The standard InChI is InChI=1S/C13H17NO3S/c1-16-11-4-2-3-10(7-11)8-17-13(15)12-9-18-6-5-14-12/h2-4,7,12,14H,5-6,8-9H2,1H3. The van der Waals surface area contributed by atoms with Crippen molar-refractivity contribution in [3.8, 4) is 5.75 Å². The molecule has 0 bridgehead atoms. The van der Waals surface area contributed by atoms with Crippen molar-refractivity contribution < 1.29 is 14.3 Å². The normalized spacial score (nSPS) is 19.3. The molecule has 4 nitrogen and oxygen atoms in total. The van der Waals surface area contributed by atoms with Crippen molar-refractivity contribution >= 4 is 17.7 Å². The highest BCUT2D eigenvalue weighted by atomic mass is 32.2. The molecule has 1 unspecified atom stereocenters. The Balaban J connectivity index is 1.84. The van der Waals surface area contributed by atoms with E-state index in [0.29, 0.717) is 6.61 Å². The first kappa shape index (κ1) is 13.2. The molecule has 1 heterocycles. The molecular weight excluding hydrogens is 250 g/mol. The van der Waals surface area contributed by atoms with Gasteiger partial charge in [0.05, 0.1) is 7.11 Å². The zero-order chi connectivity index (χ0) is 12.8. The van der Waals surface area contributed by atoms with Gasteiger partial charge in [0.15, 0.2) is 0 Å². The maximum atomic E-state index is 11.8. The fourth-order valence-electron chi connectivity index (χ4n) is 1.73. The third-order valence-electron chi connectivity index (χ3n) is 2.72. The third-order valence-corrected chi connectivity index (χ3v) is 3.78. The van der Waals surface area contributed by atoms with Crippen LogP contribution < -0.4 is 10.1 Å². The van der Waals surface area contributed by atoms with Gasteiger partial charge in [0.1, 0.15) is 18.4 Å². The molecular formula is C13H17NO3S. The van der Waals surface area contributed by atoms with Gasteiger partial charge in [-0.1, -0.05) is 12.1 Å². The molecule has 2 rings (SSSR count). The molecule has 0 aromatic heterocycles. The molecule has 1 saturated heterocycles. The first-order valence-corrected chi connectivity index (χ1v) is 7.06. The fraction of sp³-hybridized carbons (Fsp3) is 0.462. The van der Waals surface area contributed by atoms with Crippen LogP contribution in [0.15, 0.2) is 24.3 Å². The van der Waals surface area contributed by atoms with Crippen LogP contribution in [-0.4, -0.2) is 37.2 Å². The van der Waals surface area contributed by atoms with Crippen molar-refractivity contribution in [1.29, 1.82) is 0 Å². The number of methoxy groups -OCH3 is 1. The van der Waals surface area contributed by atoms with E-state index in [9.17, 15) is 4.79 Å². The summed E-state index contributed by atoms with van der Waals surface area (Å²) in [5.41, 5.74) is 0.936. The summed E-state index contributed by atoms with van der Waals surface area (Å²) in [6.45, 7) is 1.16. The van der Waals surface area contributed by atoms with Gasteiger partial charge in [-0.25, -0.2) is 0 Å². The molecule has 5 heteroatoms. The Labute approximate surface area is 111 Å². The minimum absolute atomic E-state index is 0.172. The number of thioether (sulfide) groups is 1. The molecule has 98 valence electrons. The SMILES string of the molecule is COc1cccc(COC(=O)C2CSCCN2)c1. The van der Waals surface area contributed by atoms with Gasteiger partial charge in [0.2, 0.25) is 0 Å². The van der Waals surface area contributed by atoms with Gasteiger partial charge >= 0.3 is 5.97 Å². The molecule has 0 aliphatic carbocycles. The number of nitrogens with one attached hydrogen (secondary N) is 1. The highest BCUT2D eigenvalue weighted by Crippen LogP contribution is 2.14. The maximum Gasteiger partial charge on any atom is 0.324 e. The zero-order valence-electron chi connectivity index (χ0n) is 10.3. The van der Waals surface area contributed by atoms with Gasteiger partial charge < -0.3 is 14.8 Å². The minimum Gasteiger partial charge on any atom is -0.497 e. The van der Waals surface area contributed by atoms with Crippen LogP contribution in [0.5, 0.6) is 5.75 Å². The van der Waals surface area contributed by atoms with Gasteiger partial charge in [-0.3, -0.25) is 4.79 Å². The molecule has 1 fully saturated rings. The summed E-state index contributed by atoms with van der Waals surface area (Å²) in [5, 5.41) is 3.16. The number of hydrogen-bond acceptors (Lipinski definition) is 5. The van der Waals surface area contributed by atoms with Crippen molar-refractivity contribution in [2.75, 3.05) is 25.2 Å². The van der Waals surface area contributed by atoms with Crippen LogP contribution in [0.3, 0.4) is 0 Å². The summed E-state index contributed by atoms with van der Waals surface area (Å²) in [4.78, 5) is 11.8. The molecule has 0 saturated carbocycles. The van der Waals surface area contributed by atoms with Gasteiger partial charge in [0.25, 0.3) is 0 Å². The summed E-state index contributed by atoms with van der Waals surface area (Å²) >= 11 is 1.78. The van der Waals surface area contributed by atoms with Crippen LogP contribution in [0.25, 0.3) is 0 Å². The number of hydrogen-bond donors (Lipinski definition) is 1. The van der Waals surface area contributed by atoms with E-state index in [2.05, 4.69) is 5.32 Å². The quantitative estimate of drug-likeness (QED) is 0.837. The Morgan fingerprint density at radius 2 is 2.44 bits per heavy atom. The Bertz CT molecular complexity index is 405. The summed E-state index contributed by atoms with van der Waals surface area (Å²) in [5.74, 6) is 2.44. The van der Waals surface area contributed by atoms with Crippen molar-refractivity contribution in [3.05, 3.63) is 29.8 Å². The van der Waals surface area contributed by atoms with Crippen molar-refractivity contribution in [2.45, 2.75) is 12.6 Å². The first-order valence-electron chi connectivity index (χ1n) is 5.90. The zero-order valence-corrected chi connectivity index (χ0v) is 11.2.